The lowest BCUT2D eigenvalue weighted by molar-refractivity contribution is -0.200. The molecule has 156 valence electrons. The van der Waals surface area contributed by atoms with Crippen molar-refractivity contribution >= 4 is 6.29 Å². The molecule has 2 N–H and O–H groups in total. The lowest BCUT2D eigenvalue weighted by Crippen LogP contribution is -2.64. The van der Waals surface area contributed by atoms with Gasteiger partial charge in [0.1, 0.15) is 6.29 Å². The molecule has 0 spiro atoms. The molecule has 0 saturated heterocycles. The van der Waals surface area contributed by atoms with Crippen molar-refractivity contribution in [3.63, 3.8) is 0 Å². The SMILES string of the molecule is C[C@]12CC[C@@H]3[C@H](CC[C@]4(O)C[C@@H](O)CC[C@]34C=O)C1=CC[C@H]2c1ccc(=O)oc1. The lowest BCUT2D eigenvalue weighted by atomic mass is 9.44. The fourth-order valence-electron chi connectivity index (χ4n) is 7.59. The molecule has 4 aliphatic carbocycles. The zero-order valence-corrected chi connectivity index (χ0v) is 17.0. The van der Waals surface area contributed by atoms with Gasteiger partial charge in [-0.15, -0.1) is 0 Å². The Bertz CT molecular complexity index is 898. The number of hydrogen-bond acceptors (Lipinski definition) is 5. The van der Waals surface area contributed by atoms with Gasteiger partial charge in [0.15, 0.2) is 0 Å². The largest absolute Gasteiger partial charge is 0.431 e. The molecule has 0 amide bonds. The fourth-order valence-corrected chi connectivity index (χ4v) is 7.59. The normalized spacial score (nSPS) is 46.2. The minimum atomic E-state index is -1.08. The first-order chi connectivity index (χ1) is 13.8. The highest BCUT2D eigenvalue weighted by Crippen LogP contribution is 2.67. The molecule has 5 nitrogen and oxygen atoms in total. The third-order valence-corrected chi connectivity index (χ3v) is 9.06. The van der Waals surface area contributed by atoms with Gasteiger partial charge in [0.2, 0.25) is 0 Å². The summed E-state index contributed by atoms with van der Waals surface area (Å²) in [6.07, 6.45) is 10.2. The van der Waals surface area contributed by atoms with E-state index >= 15 is 0 Å². The van der Waals surface area contributed by atoms with E-state index in [0.29, 0.717) is 31.6 Å². The van der Waals surface area contributed by atoms with Crippen LogP contribution in [0.5, 0.6) is 0 Å². The number of carbonyl (C=O) groups excluding carboxylic acids is 1. The van der Waals surface area contributed by atoms with E-state index in [1.54, 1.807) is 6.26 Å². The van der Waals surface area contributed by atoms with Gasteiger partial charge in [-0.3, -0.25) is 0 Å². The predicted molar refractivity (Wildman–Crippen MR) is 107 cm³/mol. The number of rotatable bonds is 2. The summed E-state index contributed by atoms with van der Waals surface area (Å²) in [6, 6.07) is 3.39. The Morgan fingerprint density at radius 3 is 2.72 bits per heavy atom. The number of aldehydes is 1. The molecule has 0 unspecified atom stereocenters. The third kappa shape index (κ3) is 2.53. The van der Waals surface area contributed by atoms with Gasteiger partial charge in [0.25, 0.3) is 0 Å². The Hall–Kier alpha value is -1.72. The summed E-state index contributed by atoms with van der Waals surface area (Å²) < 4.78 is 5.15. The maximum Gasteiger partial charge on any atom is 0.335 e. The van der Waals surface area contributed by atoms with E-state index in [-0.39, 0.29) is 22.9 Å². The Kier molecular flexibility index (Phi) is 4.24. The summed E-state index contributed by atoms with van der Waals surface area (Å²) in [6.45, 7) is 2.32. The number of fused-ring (bicyclic) bond motifs is 5. The van der Waals surface area contributed by atoms with Crippen LogP contribution >= 0.6 is 0 Å². The van der Waals surface area contributed by atoms with Crippen molar-refractivity contribution in [1.29, 1.82) is 0 Å². The molecule has 1 aromatic heterocycles. The van der Waals surface area contributed by atoms with Crippen LogP contribution in [0.1, 0.15) is 69.8 Å². The minimum absolute atomic E-state index is 0.00516. The van der Waals surface area contributed by atoms with Crippen LogP contribution in [0.4, 0.5) is 0 Å². The molecule has 5 heteroatoms. The van der Waals surface area contributed by atoms with Crippen molar-refractivity contribution < 1.29 is 19.4 Å². The second-order valence-corrected chi connectivity index (χ2v) is 10.1. The topological polar surface area (TPSA) is 87.7 Å². The van der Waals surface area contributed by atoms with Crippen molar-refractivity contribution in [3.05, 3.63) is 46.0 Å². The number of carbonyl (C=O) groups is 1. The summed E-state index contributed by atoms with van der Waals surface area (Å²) in [5.74, 6) is 0.720. The van der Waals surface area contributed by atoms with Crippen LogP contribution in [-0.4, -0.2) is 28.2 Å². The van der Waals surface area contributed by atoms with Crippen LogP contribution in [0.15, 0.2) is 39.3 Å². The second kappa shape index (κ2) is 6.39. The van der Waals surface area contributed by atoms with Gasteiger partial charge >= 0.3 is 5.63 Å². The highest BCUT2D eigenvalue weighted by Gasteiger charge is 2.65. The monoisotopic (exact) mass is 398 g/mol. The Morgan fingerprint density at radius 2 is 2.00 bits per heavy atom. The summed E-state index contributed by atoms with van der Waals surface area (Å²) in [7, 11) is 0. The van der Waals surface area contributed by atoms with E-state index in [1.165, 1.54) is 11.6 Å². The molecule has 7 atom stereocenters. The van der Waals surface area contributed by atoms with Crippen molar-refractivity contribution in [3.8, 4) is 0 Å². The van der Waals surface area contributed by atoms with E-state index < -0.39 is 17.1 Å². The van der Waals surface area contributed by atoms with Crippen molar-refractivity contribution in [2.24, 2.45) is 22.7 Å². The molecule has 4 aliphatic rings. The highest BCUT2D eigenvalue weighted by atomic mass is 16.4. The van der Waals surface area contributed by atoms with Crippen LogP contribution < -0.4 is 5.63 Å². The van der Waals surface area contributed by atoms with Crippen molar-refractivity contribution in [2.45, 2.75) is 75.9 Å². The van der Waals surface area contributed by atoms with Gasteiger partial charge < -0.3 is 19.4 Å². The van der Waals surface area contributed by atoms with Crippen LogP contribution in [0.25, 0.3) is 0 Å². The molecule has 0 radical (unpaired) electrons. The van der Waals surface area contributed by atoms with Gasteiger partial charge in [-0.2, -0.15) is 0 Å². The molecule has 3 saturated carbocycles. The summed E-state index contributed by atoms with van der Waals surface area (Å²) in [4.78, 5) is 23.9. The Balaban J connectivity index is 1.49. The third-order valence-electron chi connectivity index (χ3n) is 9.06. The first-order valence-corrected chi connectivity index (χ1v) is 11.0. The van der Waals surface area contributed by atoms with E-state index in [1.807, 2.05) is 6.07 Å². The summed E-state index contributed by atoms with van der Waals surface area (Å²) in [5, 5.41) is 21.6. The average molecular weight is 398 g/mol. The summed E-state index contributed by atoms with van der Waals surface area (Å²) in [5.41, 5.74) is 0.342. The smallest absolute Gasteiger partial charge is 0.335 e. The van der Waals surface area contributed by atoms with Crippen LogP contribution in [0.2, 0.25) is 0 Å². The molecule has 1 heterocycles. The molecular weight excluding hydrogens is 368 g/mol. The maximum atomic E-state index is 12.5. The average Bonchev–Trinajstić information content (AvgIpc) is 3.05. The van der Waals surface area contributed by atoms with E-state index in [9.17, 15) is 19.8 Å². The molecule has 0 aromatic carbocycles. The first-order valence-electron chi connectivity index (χ1n) is 11.0. The minimum Gasteiger partial charge on any atom is -0.431 e. The second-order valence-electron chi connectivity index (χ2n) is 10.1. The highest BCUT2D eigenvalue weighted by molar-refractivity contribution is 5.64. The molecule has 1 aromatic rings. The summed E-state index contributed by atoms with van der Waals surface area (Å²) >= 11 is 0. The molecular formula is C24H30O5. The zero-order chi connectivity index (χ0) is 20.4. The number of hydrogen-bond donors (Lipinski definition) is 2. The van der Waals surface area contributed by atoms with E-state index in [0.717, 1.165) is 37.5 Å². The van der Waals surface area contributed by atoms with Crippen LogP contribution in [-0.2, 0) is 4.79 Å². The van der Waals surface area contributed by atoms with Gasteiger partial charge in [0.05, 0.1) is 23.4 Å². The van der Waals surface area contributed by atoms with Gasteiger partial charge in [0, 0.05) is 12.5 Å². The van der Waals surface area contributed by atoms with Gasteiger partial charge in [-0.1, -0.05) is 18.6 Å². The van der Waals surface area contributed by atoms with Crippen molar-refractivity contribution in [1.82, 2.24) is 0 Å². The number of aliphatic hydroxyl groups is 2. The number of aliphatic hydroxyl groups excluding tert-OH is 1. The lowest BCUT2D eigenvalue weighted by Gasteiger charge is -2.61. The van der Waals surface area contributed by atoms with Crippen LogP contribution in [0.3, 0.4) is 0 Å². The Morgan fingerprint density at radius 1 is 1.17 bits per heavy atom. The molecule has 3 fully saturated rings. The fraction of sp³-hybridized carbons (Fsp3) is 0.667. The van der Waals surface area contributed by atoms with E-state index in [4.69, 9.17) is 4.42 Å². The number of allylic oxidation sites excluding steroid dienone is 2. The molecule has 0 aliphatic heterocycles. The molecule has 0 bridgehead atoms. The molecule has 29 heavy (non-hydrogen) atoms. The molecule has 5 rings (SSSR count). The van der Waals surface area contributed by atoms with Gasteiger partial charge in [-0.25, -0.2) is 4.79 Å². The maximum absolute atomic E-state index is 12.5. The van der Waals surface area contributed by atoms with Crippen molar-refractivity contribution in [2.75, 3.05) is 0 Å². The van der Waals surface area contributed by atoms with E-state index in [2.05, 4.69) is 13.0 Å². The predicted octanol–water partition coefficient (Wildman–Crippen LogP) is 3.34. The standard InChI is InChI=1S/C24H30O5/c1-22-9-8-20-17(7-11-24(28)12-16(26)6-10-23(20,24)14-25)19(22)4-3-18(22)15-2-5-21(27)29-13-15/h2,4-5,13-14,16-18,20,26,28H,3,6-12H2,1H3/t16-,17+,18-,20+,22+,23-,24-/m0/s1. The first kappa shape index (κ1) is 19.3. The van der Waals surface area contributed by atoms with Gasteiger partial charge in [-0.05, 0) is 79.7 Å². The van der Waals surface area contributed by atoms with Crippen LogP contribution in [0, 0.1) is 22.7 Å². The Labute approximate surface area is 170 Å². The quantitative estimate of drug-likeness (QED) is 0.589. The zero-order valence-electron chi connectivity index (χ0n) is 17.0.